The number of nitrogens with one attached hydrogen (secondary N) is 1. The Morgan fingerprint density at radius 2 is 1.97 bits per heavy atom. The van der Waals surface area contributed by atoms with Crippen molar-refractivity contribution in [3.63, 3.8) is 0 Å². The fraction of sp³-hybridized carbons (Fsp3) is 0.538. The maximum atomic E-state index is 13.4. The van der Waals surface area contributed by atoms with Gasteiger partial charge in [0.1, 0.15) is 36.1 Å². The molecule has 3 N–H and O–H groups in total. The molecule has 2 heterocycles. The molecule has 0 saturated carbocycles. The number of fused-ring (bicyclic) bond motifs is 1. The standard InChI is InChI=1S/C26H36F2N4O2/c1-2-26(29,19-33)10-13-32(14-15-34-24-17-21(27)16-22(28)18-24)12-4-3-7-23-9-8-20-6-5-11-30-25(20)31-23/h8-9,16-19H,2-7,10-15,29H2,1H3,(H,30,31)/t26-/m1/s1. The molecule has 2 aromatic rings. The number of aromatic nitrogens is 1. The first-order chi connectivity index (χ1) is 16.4. The summed E-state index contributed by atoms with van der Waals surface area (Å²) in [7, 11) is 0. The maximum Gasteiger partial charge on any atom is 0.139 e. The molecule has 6 nitrogen and oxygen atoms in total. The van der Waals surface area contributed by atoms with Gasteiger partial charge >= 0.3 is 0 Å². The Bertz CT molecular complexity index is 923. The van der Waals surface area contributed by atoms with Crippen LogP contribution in [0.2, 0.25) is 0 Å². The van der Waals surface area contributed by atoms with Crippen LogP contribution in [-0.2, 0) is 17.6 Å². The largest absolute Gasteiger partial charge is 0.492 e. The van der Waals surface area contributed by atoms with E-state index in [0.717, 1.165) is 69.1 Å². The van der Waals surface area contributed by atoms with Gasteiger partial charge in [0.2, 0.25) is 0 Å². The van der Waals surface area contributed by atoms with Crippen LogP contribution in [0.3, 0.4) is 0 Å². The predicted molar refractivity (Wildman–Crippen MR) is 130 cm³/mol. The van der Waals surface area contributed by atoms with Crippen molar-refractivity contribution in [3.05, 3.63) is 53.2 Å². The van der Waals surface area contributed by atoms with Gasteiger partial charge in [-0.1, -0.05) is 13.0 Å². The zero-order chi connectivity index (χ0) is 24.4. The lowest BCUT2D eigenvalue weighted by molar-refractivity contribution is -0.112. The Labute approximate surface area is 200 Å². The van der Waals surface area contributed by atoms with E-state index in [4.69, 9.17) is 15.5 Å². The van der Waals surface area contributed by atoms with Crippen LogP contribution in [0.1, 0.15) is 50.3 Å². The summed E-state index contributed by atoms with van der Waals surface area (Å²) < 4.78 is 32.4. The summed E-state index contributed by atoms with van der Waals surface area (Å²) in [6, 6.07) is 7.44. The summed E-state index contributed by atoms with van der Waals surface area (Å²) in [6.45, 7) is 5.18. The van der Waals surface area contributed by atoms with Crippen molar-refractivity contribution >= 4 is 12.1 Å². The summed E-state index contributed by atoms with van der Waals surface area (Å²) >= 11 is 0. The van der Waals surface area contributed by atoms with Gasteiger partial charge in [-0.3, -0.25) is 4.90 Å². The van der Waals surface area contributed by atoms with Gasteiger partial charge in [-0.2, -0.15) is 0 Å². The Hall–Kier alpha value is -2.58. The molecule has 1 atom stereocenters. The van der Waals surface area contributed by atoms with Crippen molar-refractivity contribution in [2.45, 2.75) is 57.4 Å². The molecule has 0 bridgehead atoms. The number of anilines is 1. The van der Waals surface area contributed by atoms with Crippen molar-refractivity contribution in [1.82, 2.24) is 9.88 Å². The summed E-state index contributed by atoms with van der Waals surface area (Å²) in [6.07, 6.45) is 6.99. The third-order valence-electron chi connectivity index (χ3n) is 6.41. The van der Waals surface area contributed by atoms with Crippen LogP contribution >= 0.6 is 0 Å². The van der Waals surface area contributed by atoms with Gasteiger partial charge in [0.25, 0.3) is 0 Å². The third-order valence-corrected chi connectivity index (χ3v) is 6.41. The fourth-order valence-electron chi connectivity index (χ4n) is 4.07. The summed E-state index contributed by atoms with van der Waals surface area (Å²) in [5.74, 6) is -0.150. The second-order valence-electron chi connectivity index (χ2n) is 9.05. The van der Waals surface area contributed by atoms with Crippen LogP contribution in [0, 0.1) is 11.6 Å². The molecule has 1 aromatic carbocycles. The average molecular weight is 475 g/mol. The molecule has 3 rings (SSSR count). The molecule has 1 aromatic heterocycles. The molecular formula is C26H36F2N4O2. The summed E-state index contributed by atoms with van der Waals surface area (Å²) in [5, 5.41) is 3.38. The smallest absolute Gasteiger partial charge is 0.139 e. The number of aryl methyl sites for hydroxylation is 2. The van der Waals surface area contributed by atoms with E-state index < -0.39 is 17.2 Å². The van der Waals surface area contributed by atoms with Crippen molar-refractivity contribution < 1.29 is 18.3 Å². The summed E-state index contributed by atoms with van der Waals surface area (Å²) in [4.78, 5) is 18.4. The van der Waals surface area contributed by atoms with Gasteiger partial charge < -0.3 is 20.6 Å². The zero-order valence-electron chi connectivity index (χ0n) is 20.0. The molecule has 0 radical (unpaired) electrons. The number of benzene rings is 1. The highest BCUT2D eigenvalue weighted by Crippen LogP contribution is 2.20. The number of pyridine rings is 1. The third kappa shape index (κ3) is 8.02. The first-order valence-electron chi connectivity index (χ1n) is 12.2. The van der Waals surface area contributed by atoms with E-state index in [0.29, 0.717) is 25.9 Å². The Balaban J connectivity index is 1.49. The van der Waals surface area contributed by atoms with Gasteiger partial charge in [-0.05, 0) is 63.1 Å². The van der Waals surface area contributed by atoms with Crippen LogP contribution in [-0.4, -0.2) is 54.5 Å². The maximum absolute atomic E-state index is 13.4. The van der Waals surface area contributed by atoms with Crippen LogP contribution in [0.25, 0.3) is 0 Å². The van der Waals surface area contributed by atoms with E-state index in [-0.39, 0.29) is 12.4 Å². The van der Waals surface area contributed by atoms with Crippen molar-refractivity contribution in [3.8, 4) is 5.75 Å². The lowest BCUT2D eigenvalue weighted by Crippen LogP contribution is -2.44. The number of hydrogen-bond acceptors (Lipinski definition) is 6. The number of hydrogen-bond donors (Lipinski definition) is 2. The van der Waals surface area contributed by atoms with Gasteiger partial charge in [-0.15, -0.1) is 0 Å². The van der Waals surface area contributed by atoms with Gasteiger partial charge in [0.15, 0.2) is 0 Å². The lowest BCUT2D eigenvalue weighted by Gasteiger charge is -2.27. The minimum absolute atomic E-state index is 0.166. The zero-order valence-corrected chi connectivity index (χ0v) is 20.0. The van der Waals surface area contributed by atoms with E-state index in [9.17, 15) is 13.6 Å². The molecule has 0 fully saturated rings. The van der Waals surface area contributed by atoms with Gasteiger partial charge in [0.05, 0.1) is 5.54 Å². The van der Waals surface area contributed by atoms with Crippen molar-refractivity contribution in [2.75, 3.05) is 38.1 Å². The van der Waals surface area contributed by atoms with Crippen LogP contribution < -0.4 is 15.8 Å². The highest BCUT2D eigenvalue weighted by Gasteiger charge is 2.22. The number of carbonyl (C=O) groups excluding carboxylic acids is 1. The number of nitrogens with zero attached hydrogens (tertiary/aromatic N) is 2. The Morgan fingerprint density at radius 3 is 2.71 bits per heavy atom. The minimum Gasteiger partial charge on any atom is -0.492 e. The highest BCUT2D eigenvalue weighted by molar-refractivity contribution is 5.63. The SMILES string of the molecule is CC[C@](N)(C=O)CCN(CCCCc1ccc2c(n1)NCCC2)CCOc1cc(F)cc(F)c1. The van der Waals surface area contributed by atoms with Gasteiger partial charge in [-0.25, -0.2) is 13.8 Å². The van der Waals surface area contributed by atoms with E-state index >= 15 is 0 Å². The molecule has 0 spiro atoms. The molecule has 1 aliphatic heterocycles. The van der Waals surface area contributed by atoms with Crippen LogP contribution in [0.4, 0.5) is 14.6 Å². The monoisotopic (exact) mass is 474 g/mol. The Kier molecular flexibility index (Phi) is 9.77. The highest BCUT2D eigenvalue weighted by atomic mass is 19.1. The van der Waals surface area contributed by atoms with E-state index in [1.54, 1.807) is 0 Å². The molecule has 1 aliphatic rings. The predicted octanol–water partition coefficient (Wildman–Crippen LogP) is 4.12. The number of carbonyl (C=O) groups is 1. The quantitative estimate of drug-likeness (QED) is 0.317. The van der Waals surface area contributed by atoms with Gasteiger partial charge in [0, 0.05) is 43.5 Å². The number of rotatable bonds is 14. The minimum atomic E-state index is -0.842. The topological polar surface area (TPSA) is 80.5 Å². The number of ether oxygens (including phenoxy) is 1. The average Bonchev–Trinajstić information content (AvgIpc) is 2.83. The first-order valence-corrected chi connectivity index (χ1v) is 12.2. The lowest BCUT2D eigenvalue weighted by atomic mass is 9.95. The normalized spacial score (nSPS) is 14.9. The number of unbranched alkanes of at least 4 members (excludes halogenated alkanes) is 1. The molecule has 0 aliphatic carbocycles. The van der Waals surface area contributed by atoms with E-state index in [1.807, 2.05) is 6.92 Å². The molecule has 8 heteroatoms. The molecule has 0 unspecified atom stereocenters. The second kappa shape index (κ2) is 12.8. The number of nitrogens with two attached hydrogens (primary N) is 1. The molecule has 0 saturated heterocycles. The Morgan fingerprint density at radius 1 is 1.18 bits per heavy atom. The van der Waals surface area contributed by atoms with Crippen LogP contribution in [0.5, 0.6) is 5.75 Å². The second-order valence-corrected chi connectivity index (χ2v) is 9.05. The molecular weight excluding hydrogens is 438 g/mol. The van der Waals surface area contributed by atoms with Crippen molar-refractivity contribution in [1.29, 1.82) is 0 Å². The fourth-order valence-corrected chi connectivity index (χ4v) is 4.07. The molecule has 34 heavy (non-hydrogen) atoms. The summed E-state index contributed by atoms with van der Waals surface area (Å²) in [5.41, 5.74) is 7.69. The van der Waals surface area contributed by atoms with Crippen LogP contribution in [0.15, 0.2) is 30.3 Å². The van der Waals surface area contributed by atoms with E-state index in [1.165, 1.54) is 17.7 Å². The first kappa shape index (κ1) is 26.0. The number of aldehydes is 1. The molecule has 0 amide bonds. The molecule has 186 valence electrons. The van der Waals surface area contributed by atoms with E-state index in [2.05, 4.69) is 22.3 Å². The number of halogens is 2. The van der Waals surface area contributed by atoms with Crippen molar-refractivity contribution in [2.24, 2.45) is 5.73 Å².